The molecule has 1 saturated heterocycles. The number of hydrogen-bond acceptors (Lipinski definition) is 4. The Labute approximate surface area is 136 Å². The smallest absolute Gasteiger partial charge is 0.260 e. The van der Waals surface area contributed by atoms with E-state index in [0.717, 1.165) is 32.4 Å². The van der Waals surface area contributed by atoms with Crippen LogP contribution in [0.15, 0.2) is 24.3 Å². The summed E-state index contributed by atoms with van der Waals surface area (Å²) in [6.07, 6.45) is 2.87. The number of halogens is 1. The van der Waals surface area contributed by atoms with Crippen LogP contribution < -0.4 is 10.5 Å². The van der Waals surface area contributed by atoms with E-state index in [0.29, 0.717) is 23.9 Å². The molecule has 1 aromatic rings. The van der Waals surface area contributed by atoms with Crippen molar-refractivity contribution < 1.29 is 14.3 Å². The van der Waals surface area contributed by atoms with Gasteiger partial charge in [0, 0.05) is 24.7 Å². The van der Waals surface area contributed by atoms with Crippen LogP contribution in [0, 0.1) is 0 Å². The van der Waals surface area contributed by atoms with Crippen molar-refractivity contribution in [2.24, 2.45) is 5.73 Å². The van der Waals surface area contributed by atoms with Crippen LogP contribution in [0.3, 0.4) is 0 Å². The van der Waals surface area contributed by atoms with Crippen LogP contribution in [0.2, 0.25) is 5.02 Å². The predicted octanol–water partition coefficient (Wildman–Crippen LogP) is 2.08. The molecule has 0 aromatic heterocycles. The number of likely N-dealkylation sites (tertiary alicyclic amines) is 1. The Balaban J connectivity index is 1.67. The molecule has 1 aromatic carbocycles. The maximum atomic E-state index is 12.1. The molecule has 0 spiro atoms. The van der Waals surface area contributed by atoms with E-state index < -0.39 is 0 Å². The second kappa shape index (κ2) is 8.98. The third kappa shape index (κ3) is 5.48. The van der Waals surface area contributed by atoms with Crippen LogP contribution >= 0.6 is 11.6 Å². The number of benzene rings is 1. The number of piperidine rings is 1. The van der Waals surface area contributed by atoms with Gasteiger partial charge in [-0.2, -0.15) is 0 Å². The SMILES string of the molecule is NCCCOC1CCN(C(=O)COc2ccc(Cl)cc2)CC1. The highest BCUT2D eigenvalue weighted by Gasteiger charge is 2.23. The molecule has 0 aliphatic carbocycles. The molecular weight excluding hydrogens is 304 g/mol. The molecule has 122 valence electrons. The monoisotopic (exact) mass is 326 g/mol. The summed E-state index contributed by atoms with van der Waals surface area (Å²) in [5.41, 5.74) is 5.44. The lowest BCUT2D eigenvalue weighted by molar-refractivity contribution is -0.136. The molecule has 1 fully saturated rings. The van der Waals surface area contributed by atoms with Gasteiger partial charge in [0.1, 0.15) is 5.75 Å². The molecule has 0 radical (unpaired) electrons. The summed E-state index contributed by atoms with van der Waals surface area (Å²) in [5.74, 6) is 0.660. The van der Waals surface area contributed by atoms with Crippen LogP contribution in [-0.2, 0) is 9.53 Å². The average Bonchev–Trinajstić information content (AvgIpc) is 2.55. The highest BCUT2D eigenvalue weighted by molar-refractivity contribution is 6.30. The quantitative estimate of drug-likeness (QED) is 0.779. The molecule has 1 amide bonds. The summed E-state index contributed by atoms with van der Waals surface area (Å²) >= 11 is 5.81. The summed E-state index contributed by atoms with van der Waals surface area (Å²) in [6.45, 7) is 2.85. The zero-order valence-electron chi connectivity index (χ0n) is 12.7. The Hall–Kier alpha value is -1.30. The first-order valence-electron chi connectivity index (χ1n) is 7.67. The fraction of sp³-hybridized carbons (Fsp3) is 0.562. The van der Waals surface area contributed by atoms with E-state index in [1.54, 1.807) is 24.3 Å². The maximum Gasteiger partial charge on any atom is 0.260 e. The molecule has 0 unspecified atom stereocenters. The van der Waals surface area contributed by atoms with Crippen molar-refractivity contribution in [3.63, 3.8) is 0 Å². The minimum absolute atomic E-state index is 0.00959. The molecule has 2 rings (SSSR count). The van der Waals surface area contributed by atoms with E-state index in [4.69, 9.17) is 26.8 Å². The minimum atomic E-state index is 0.00959. The van der Waals surface area contributed by atoms with E-state index in [9.17, 15) is 4.79 Å². The highest BCUT2D eigenvalue weighted by Crippen LogP contribution is 2.17. The molecule has 1 aliphatic heterocycles. The Morgan fingerprint density at radius 2 is 1.95 bits per heavy atom. The van der Waals surface area contributed by atoms with Gasteiger partial charge in [0.2, 0.25) is 0 Å². The van der Waals surface area contributed by atoms with E-state index in [-0.39, 0.29) is 18.6 Å². The molecule has 6 heteroatoms. The second-order valence-electron chi connectivity index (χ2n) is 5.34. The van der Waals surface area contributed by atoms with Gasteiger partial charge in [0.05, 0.1) is 6.10 Å². The summed E-state index contributed by atoms with van der Waals surface area (Å²) in [6, 6.07) is 7.00. The number of carbonyl (C=O) groups is 1. The molecular formula is C16H23ClN2O3. The molecule has 5 nitrogen and oxygen atoms in total. The van der Waals surface area contributed by atoms with Crippen molar-refractivity contribution in [3.8, 4) is 5.75 Å². The van der Waals surface area contributed by atoms with Gasteiger partial charge in [-0.05, 0) is 50.1 Å². The third-order valence-electron chi connectivity index (χ3n) is 3.67. The number of hydrogen-bond donors (Lipinski definition) is 1. The molecule has 2 N–H and O–H groups in total. The van der Waals surface area contributed by atoms with Crippen LogP contribution in [-0.4, -0.2) is 49.8 Å². The number of ether oxygens (including phenoxy) is 2. The minimum Gasteiger partial charge on any atom is -0.484 e. The van der Waals surface area contributed by atoms with E-state index in [2.05, 4.69) is 0 Å². The molecule has 1 aliphatic rings. The predicted molar refractivity (Wildman–Crippen MR) is 86.2 cm³/mol. The van der Waals surface area contributed by atoms with Crippen LogP contribution in [0.4, 0.5) is 0 Å². The Kier molecular flexibility index (Phi) is 6.96. The first kappa shape index (κ1) is 17.1. The largest absolute Gasteiger partial charge is 0.484 e. The van der Waals surface area contributed by atoms with Crippen LogP contribution in [0.25, 0.3) is 0 Å². The summed E-state index contributed by atoms with van der Waals surface area (Å²) in [4.78, 5) is 14.0. The molecule has 0 atom stereocenters. The van der Waals surface area contributed by atoms with E-state index in [1.807, 2.05) is 4.90 Å². The van der Waals surface area contributed by atoms with Crippen molar-refractivity contribution in [1.82, 2.24) is 4.90 Å². The Bertz CT molecular complexity index is 459. The fourth-order valence-corrected chi connectivity index (χ4v) is 2.50. The normalized spacial score (nSPS) is 15.8. The van der Waals surface area contributed by atoms with Crippen LogP contribution in [0.1, 0.15) is 19.3 Å². The highest BCUT2D eigenvalue weighted by atomic mass is 35.5. The van der Waals surface area contributed by atoms with Gasteiger partial charge in [-0.15, -0.1) is 0 Å². The van der Waals surface area contributed by atoms with Gasteiger partial charge in [-0.25, -0.2) is 0 Å². The topological polar surface area (TPSA) is 64.8 Å². The van der Waals surface area contributed by atoms with E-state index in [1.165, 1.54) is 0 Å². The summed E-state index contributed by atoms with van der Waals surface area (Å²) in [7, 11) is 0. The molecule has 0 saturated carbocycles. The first-order chi connectivity index (χ1) is 10.7. The van der Waals surface area contributed by atoms with Crippen LogP contribution in [0.5, 0.6) is 5.75 Å². The van der Waals surface area contributed by atoms with Crippen molar-refractivity contribution in [2.75, 3.05) is 32.8 Å². The van der Waals surface area contributed by atoms with Gasteiger partial charge in [-0.1, -0.05) is 11.6 Å². The zero-order chi connectivity index (χ0) is 15.8. The average molecular weight is 327 g/mol. The Morgan fingerprint density at radius 1 is 1.27 bits per heavy atom. The van der Waals surface area contributed by atoms with Crippen molar-refractivity contribution in [1.29, 1.82) is 0 Å². The van der Waals surface area contributed by atoms with E-state index >= 15 is 0 Å². The van der Waals surface area contributed by atoms with Crippen molar-refractivity contribution in [3.05, 3.63) is 29.3 Å². The standard InChI is InChI=1S/C16H23ClN2O3/c17-13-2-4-14(5-3-13)22-12-16(20)19-9-6-15(7-10-19)21-11-1-8-18/h2-5,15H,1,6-12,18H2. The third-order valence-corrected chi connectivity index (χ3v) is 3.92. The number of nitrogens with zero attached hydrogens (tertiary/aromatic N) is 1. The van der Waals surface area contributed by atoms with Gasteiger partial charge < -0.3 is 20.1 Å². The van der Waals surface area contributed by atoms with Gasteiger partial charge >= 0.3 is 0 Å². The first-order valence-corrected chi connectivity index (χ1v) is 8.04. The molecule has 1 heterocycles. The second-order valence-corrected chi connectivity index (χ2v) is 5.77. The zero-order valence-corrected chi connectivity index (χ0v) is 13.4. The summed E-state index contributed by atoms with van der Waals surface area (Å²) < 4.78 is 11.2. The number of amides is 1. The molecule has 22 heavy (non-hydrogen) atoms. The summed E-state index contributed by atoms with van der Waals surface area (Å²) in [5, 5.41) is 0.649. The fourth-order valence-electron chi connectivity index (χ4n) is 2.37. The number of rotatable bonds is 7. The number of nitrogens with two attached hydrogens (primary N) is 1. The Morgan fingerprint density at radius 3 is 2.59 bits per heavy atom. The lowest BCUT2D eigenvalue weighted by Crippen LogP contribution is -2.43. The lowest BCUT2D eigenvalue weighted by atomic mass is 10.1. The maximum absolute atomic E-state index is 12.1. The van der Waals surface area contributed by atoms with Crippen molar-refractivity contribution in [2.45, 2.75) is 25.4 Å². The van der Waals surface area contributed by atoms with Gasteiger partial charge in [0.25, 0.3) is 5.91 Å². The van der Waals surface area contributed by atoms with Crippen molar-refractivity contribution >= 4 is 17.5 Å². The lowest BCUT2D eigenvalue weighted by Gasteiger charge is -2.31. The van der Waals surface area contributed by atoms with Gasteiger partial charge in [-0.3, -0.25) is 4.79 Å². The molecule has 0 bridgehead atoms. The van der Waals surface area contributed by atoms with Gasteiger partial charge in [0.15, 0.2) is 6.61 Å². The number of carbonyl (C=O) groups excluding carboxylic acids is 1.